The Kier molecular flexibility index (Phi) is 2.67. The van der Waals surface area contributed by atoms with Gasteiger partial charge in [0.05, 0.1) is 6.04 Å². The Morgan fingerprint density at radius 3 is 3.00 bits per heavy atom. The monoisotopic (exact) mass is 221 g/mol. The number of nitrogens with one attached hydrogen (secondary N) is 1. The highest BCUT2D eigenvalue weighted by Gasteiger charge is 2.39. The highest BCUT2D eigenvalue weighted by atomic mass is 16.5. The normalized spacial score (nSPS) is 34.7. The molecule has 1 aliphatic carbocycles. The van der Waals surface area contributed by atoms with Crippen LogP contribution in [0.2, 0.25) is 0 Å². The quantitative estimate of drug-likeness (QED) is 0.833. The summed E-state index contributed by atoms with van der Waals surface area (Å²) in [4.78, 5) is 4.55. The van der Waals surface area contributed by atoms with Crippen LogP contribution in [0.25, 0.3) is 0 Å². The maximum atomic E-state index is 5.35. The first kappa shape index (κ1) is 10.3. The summed E-state index contributed by atoms with van der Waals surface area (Å²) >= 11 is 0. The van der Waals surface area contributed by atoms with Gasteiger partial charge in [-0.2, -0.15) is 4.98 Å². The smallest absolute Gasteiger partial charge is 0.230 e. The van der Waals surface area contributed by atoms with Crippen molar-refractivity contribution in [3.05, 3.63) is 11.7 Å². The Morgan fingerprint density at radius 2 is 2.19 bits per heavy atom. The molecule has 3 unspecified atom stereocenters. The molecule has 2 aliphatic rings. The van der Waals surface area contributed by atoms with E-state index in [1.54, 1.807) is 0 Å². The molecule has 2 heterocycles. The van der Waals surface area contributed by atoms with Gasteiger partial charge in [-0.15, -0.1) is 0 Å². The van der Waals surface area contributed by atoms with Crippen LogP contribution in [0, 0.1) is 5.92 Å². The van der Waals surface area contributed by atoms with Gasteiger partial charge in [0, 0.05) is 5.92 Å². The molecule has 0 bridgehead atoms. The Balaban J connectivity index is 1.70. The molecular formula is C12H19N3O. The Hall–Kier alpha value is -0.900. The number of nitrogens with zero attached hydrogens (tertiary/aromatic N) is 2. The van der Waals surface area contributed by atoms with Gasteiger partial charge < -0.3 is 9.84 Å². The maximum absolute atomic E-state index is 5.35. The first-order chi connectivity index (χ1) is 7.84. The molecule has 1 aliphatic heterocycles. The SMILES string of the molecule is CC1CC1c1nc(C2CCCCCN2)no1. The molecule has 4 nitrogen and oxygen atoms in total. The summed E-state index contributed by atoms with van der Waals surface area (Å²) in [6.07, 6.45) is 6.19. The minimum absolute atomic E-state index is 0.314. The van der Waals surface area contributed by atoms with E-state index in [-0.39, 0.29) is 0 Å². The first-order valence-corrected chi connectivity index (χ1v) is 6.41. The molecule has 0 aromatic carbocycles. The number of rotatable bonds is 2. The van der Waals surface area contributed by atoms with Crippen molar-refractivity contribution in [1.82, 2.24) is 15.5 Å². The minimum Gasteiger partial charge on any atom is -0.339 e. The van der Waals surface area contributed by atoms with E-state index < -0.39 is 0 Å². The molecule has 88 valence electrons. The van der Waals surface area contributed by atoms with E-state index in [0.29, 0.717) is 12.0 Å². The van der Waals surface area contributed by atoms with Gasteiger partial charge in [-0.05, 0) is 31.7 Å². The maximum Gasteiger partial charge on any atom is 0.230 e. The van der Waals surface area contributed by atoms with Gasteiger partial charge in [0.25, 0.3) is 0 Å². The lowest BCUT2D eigenvalue weighted by Gasteiger charge is -2.09. The molecule has 2 fully saturated rings. The second-order valence-electron chi connectivity index (χ2n) is 5.17. The third kappa shape index (κ3) is 1.98. The molecule has 3 atom stereocenters. The zero-order valence-electron chi connectivity index (χ0n) is 9.78. The van der Waals surface area contributed by atoms with E-state index in [1.165, 1.54) is 25.7 Å². The lowest BCUT2D eigenvalue weighted by Crippen LogP contribution is -2.21. The van der Waals surface area contributed by atoms with Crippen LogP contribution < -0.4 is 5.32 Å². The lowest BCUT2D eigenvalue weighted by atomic mass is 10.1. The van der Waals surface area contributed by atoms with Crippen molar-refractivity contribution < 1.29 is 4.52 Å². The zero-order chi connectivity index (χ0) is 11.0. The molecule has 16 heavy (non-hydrogen) atoms. The summed E-state index contributed by atoms with van der Waals surface area (Å²) < 4.78 is 5.35. The minimum atomic E-state index is 0.314. The van der Waals surface area contributed by atoms with E-state index in [9.17, 15) is 0 Å². The molecule has 4 heteroatoms. The van der Waals surface area contributed by atoms with Crippen LogP contribution in [0.5, 0.6) is 0 Å². The van der Waals surface area contributed by atoms with Gasteiger partial charge in [0.1, 0.15) is 0 Å². The molecular weight excluding hydrogens is 202 g/mol. The van der Waals surface area contributed by atoms with Gasteiger partial charge in [-0.3, -0.25) is 0 Å². The van der Waals surface area contributed by atoms with Crippen LogP contribution in [-0.4, -0.2) is 16.7 Å². The summed E-state index contributed by atoms with van der Waals surface area (Å²) in [5, 5.41) is 7.63. The molecule has 1 saturated heterocycles. The number of hydrogen-bond donors (Lipinski definition) is 1. The Morgan fingerprint density at radius 1 is 1.31 bits per heavy atom. The largest absolute Gasteiger partial charge is 0.339 e. The fourth-order valence-electron chi connectivity index (χ4n) is 2.45. The van der Waals surface area contributed by atoms with Crippen LogP contribution >= 0.6 is 0 Å². The van der Waals surface area contributed by atoms with Crippen molar-refractivity contribution in [3.8, 4) is 0 Å². The van der Waals surface area contributed by atoms with Gasteiger partial charge in [0.2, 0.25) is 5.89 Å². The topological polar surface area (TPSA) is 51.0 Å². The van der Waals surface area contributed by atoms with Gasteiger partial charge in [-0.1, -0.05) is 24.9 Å². The van der Waals surface area contributed by atoms with Gasteiger partial charge in [0.15, 0.2) is 5.82 Å². The van der Waals surface area contributed by atoms with Gasteiger partial charge in [-0.25, -0.2) is 0 Å². The number of aromatic nitrogens is 2. The third-order valence-electron chi connectivity index (χ3n) is 3.76. The molecule has 3 rings (SSSR count). The summed E-state index contributed by atoms with van der Waals surface area (Å²) in [6.45, 7) is 3.31. The third-order valence-corrected chi connectivity index (χ3v) is 3.76. The fourth-order valence-corrected chi connectivity index (χ4v) is 2.45. The van der Waals surface area contributed by atoms with Crippen molar-refractivity contribution in [2.45, 2.75) is 51.0 Å². The Labute approximate surface area is 95.8 Å². The van der Waals surface area contributed by atoms with Gasteiger partial charge >= 0.3 is 0 Å². The molecule has 1 aromatic rings. The summed E-state index contributed by atoms with van der Waals surface area (Å²) in [5.41, 5.74) is 0. The Bertz CT molecular complexity index is 355. The van der Waals surface area contributed by atoms with E-state index >= 15 is 0 Å². The standard InChI is InChI=1S/C12H19N3O/c1-8-7-9(8)12-14-11(15-16-12)10-5-3-2-4-6-13-10/h8-10,13H,2-7H2,1H3. The van der Waals surface area contributed by atoms with Crippen molar-refractivity contribution in [1.29, 1.82) is 0 Å². The fraction of sp³-hybridized carbons (Fsp3) is 0.833. The molecule has 0 amide bonds. The second kappa shape index (κ2) is 4.17. The van der Waals surface area contributed by atoms with Crippen molar-refractivity contribution in [3.63, 3.8) is 0 Å². The zero-order valence-corrected chi connectivity index (χ0v) is 9.78. The molecule has 1 N–H and O–H groups in total. The highest BCUT2D eigenvalue weighted by molar-refractivity contribution is 5.07. The number of hydrogen-bond acceptors (Lipinski definition) is 4. The van der Waals surface area contributed by atoms with E-state index in [0.717, 1.165) is 30.6 Å². The summed E-state index contributed by atoms with van der Waals surface area (Å²) in [7, 11) is 0. The summed E-state index contributed by atoms with van der Waals surface area (Å²) in [6, 6.07) is 0.314. The highest BCUT2D eigenvalue weighted by Crippen LogP contribution is 2.46. The van der Waals surface area contributed by atoms with Crippen LogP contribution in [0.1, 0.15) is 62.7 Å². The van der Waals surface area contributed by atoms with Crippen molar-refractivity contribution in [2.24, 2.45) is 5.92 Å². The summed E-state index contributed by atoms with van der Waals surface area (Å²) in [5.74, 6) is 2.99. The molecule has 0 spiro atoms. The lowest BCUT2D eigenvalue weighted by molar-refractivity contribution is 0.362. The predicted molar refractivity (Wildman–Crippen MR) is 60.0 cm³/mol. The molecule has 1 saturated carbocycles. The molecule has 0 radical (unpaired) electrons. The van der Waals surface area contributed by atoms with Crippen LogP contribution in [0.15, 0.2) is 4.52 Å². The average molecular weight is 221 g/mol. The van der Waals surface area contributed by atoms with Crippen LogP contribution in [0.3, 0.4) is 0 Å². The average Bonchev–Trinajstić information content (AvgIpc) is 2.92. The first-order valence-electron chi connectivity index (χ1n) is 6.41. The second-order valence-corrected chi connectivity index (χ2v) is 5.17. The molecule has 1 aromatic heterocycles. The van der Waals surface area contributed by atoms with Crippen LogP contribution in [0.4, 0.5) is 0 Å². The predicted octanol–water partition coefficient (Wildman–Crippen LogP) is 2.40. The van der Waals surface area contributed by atoms with Crippen molar-refractivity contribution in [2.75, 3.05) is 6.54 Å². The van der Waals surface area contributed by atoms with E-state index in [2.05, 4.69) is 22.4 Å². The van der Waals surface area contributed by atoms with E-state index in [1.807, 2.05) is 0 Å². The van der Waals surface area contributed by atoms with Crippen molar-refractivity contribution >= 4 is 0 Å². The van der Waals surface area contributed by atoms with Crippen LogP contribution in [-0.2, 0) is 0 Å². The van der Waals surface area contributed by atoms with E-state index in [4.69, 9.17) is 4.52 Å².